The highest BCUT2D eigenvalue weighted by Crippen LogP contribution is 2.04. The summed E-state index contributed by atoms with van der Waals surface area (Å²) in [5, 5.41) is 8.73. The second-order valence-corrected chi connectivity index (χ2v) is 2.75. The van der Waals surface area contributed by atoms with E-state index in [1.807, 2.05) is 0 Å². The van der Waals surface area contributed by atoms with Gasteiger partial charge in [-0.15, -0.1) is 0 Å². The van der Waals surface area contributed by atoms with Gasteiger partial charge in [-0.2, -0.15) is 0 Å². The molecule has 1 rings (SSSR count). The molecule has 1 N–H and O–H groups in total. The van der Waals surface area contributed by atoms with Crippen molar-refractivity contribution in [3.05, 3.63) is 24.0 Å². The van der Waals surface area contributed by atoms with Crippen molar-refractivity contribution in [2.45, 2.75) is 26.3 Å². The van der Waals surface area contributed by atoms with Gasteiger partial charge in [-0.3, -0.25) is 0 Å². The summed E-state index contributed by atoms with van der Waals surface area (Å²) in [7, 11) is 0. The fourth-order valence-corrected chi connectivity index (χ4v) is 1.13. The van der Waals surface area contributed by atoms with Crippen molar-refractivity contribution < 1.29 is 9.90 Å². The first-order valence-electron chi connectivity index (χ1n) is 4.14. The van der Waals surface area contributed by atoms with Crippen LogP contribution in [0.4, 0.5) is 0 Å². The van der Waals surface area contributed by atoms with E-state index in [0.717, 1.165) is 19.4 Å². The number of carbonyl (C=O) groups is 1. The molecule has 0 fully saturated rings. The van der Waals surface area contributed by atoms with Crippen LogP contribution in [0, 0.1) is 0 Å². The number of carboxylic acid groups (broad SMARTS) is 1. The minimum atomic E-state index is -0.851. The van der Waals surface area contributed by atoms with Crippen LogP contribution >= 0.6 is 0 Å². The van der Waals surface area contributed by atoms with E-state index in [2.05, 4.69) is 6.92 Å². The Morgan fingerprint density at radius 2 is 2.42 bits per heavy atom. The molecule has 1 aromatic heterocycles. The van der Waals surface area contributed by atoms with E-state index in [9.17, 15) is 4.79 Å². The maximum Gasteiger partial charge on any atom is 0.352 e. The van der Waals surface area contributed by atoms with Crippen molar-refractivity contribution in [2.24, 2.45) is 0 Å². The summed E-state index contributed by atoms with van der Waals surface area (Å²) in [6.07, 6.45) is 3.91. The normalized spacial score (nSPS) is 10.1. The quantitative estimate of drug-likeness (QED) is 0.745. The van der Waals surface area contributed by atoms with Gasteiger partial charge in [0.1, 0.15) is 5.69 Å². The third-order valence-corrected chi connectivity index (χ3v) is 1.80. The SMILES string of the molecule is CCCCn1cccc1C(=O)O. The smallest absolute Gasteiger partial charge is 0.352 e. The van der Waals surface area contributed by atoms with E-state index in [-0.39, 0.29) is 0 Å². The predicted octanol–water partition coefficient (Wildman–Crippen LogP) is 1.99. The van der Waals surface area contributed by atoms with Gasteiger partial charge in [-0.1, -0.05) is 13.3 Å². The van der Waals surface area contributed by atoms with Gasteiger partial charge in [0, 0.05) is 12.7 Å². The summed E-state index contributed by atoms with van der Waals surface area (Å²) in [5.74, 6) is -0.851. The summed E-state index contributed by atoms with van der Waals surface area (Å²) < 4.78 is 1.77. The molecule has 0 amide bonds. The van der Waals surface area contributed by atoms with Gasteiger partial charge >= 0.3 is 5.97 Å². The molecular formula is C9H13NO2. The van der Waals surface area contributed by atoms with Crippen LogP contribution in [0.15, 0.2) is 18.3 Å². The van der Waals surface area contributed by atoms with Crippen LogP contribution in [0.2, 0.25) is 0 Å². The maximum absolute atomic E-state index is 10.6. The second-order valence-electron chi connectivity index (χ2n) is 2.75. The topological polar surface area (TPSA) is 42.2 Å². The average Bonchev–Trinajstić information content (AvgIpc) is 2.48. The minimum Gasteiger partial charge on any atom is -0.477 e. The molecule has 0 aliphatic rings. The fraction of sp³-hybridized carbons (Fsp3) is 0.444. The van der Waals surface area contributed by atoms with E-state index in [1.54, 1.807) is 22.9 Å². The highest BCUT2D eigenvalue weighted by Gasteiger charge is 2.06. The molecule has 0 saturated heterocycles. The monoisotopic (exact) mass is 167 g/mol. The molecule has 3 heteroatoms. The van der Waals surface area contributed by atoms with Crippen LogP contribution in [0.1, 0.15) is 30.3 Å². The zero-order valence-electron chi connectivity index (χ0n) is 7.16. The summed E-state index contributed by atoms with van der Waals surface area (Å²) in [6.45, 7) is 2.88. The van der Waals surface area contributed by atoms with Crippen molar-refractivity contribution >= 4 is 5.97 Å². The van der Waals surface area contributed by atoms with Gasteiger partial charge in [0.05, 0.1) is 0 Å². The lowest BCUT2D eigenvalue weighted by atomic mass is 10.3. The van der Waals surface area contributed by atoms with Gasteiger partial charge < -0.3 is 9.67 Å². The molecule has 0 spiro atoms. The van der Waals surface area contributed by atoms with Crippen molar-refractivity contribution in [3.8, 4) is 0 Å². The van der Waals surface area contributed by atoms with Crippen molar-refractivity contribution in [1.29, 1.82) is 0 Å². The molecule has 0 aliphatic heterocycles. The maximum atomic E-state index is 10.6. The molecule has 0 atom stereocenters. The number of hydrogen-bond donors (Lipinski definition) is 1. The van der Waals surface area contributed by atoms with Crippen molar-refractivity contribution in [2.75, 3.05) is 0 Å². The first kappa shape index (κ1) is 8.84. The van der Waals surface area contributed by atoms with Gasteiger partial charge in [0.15, 0.2) is 0 Å². The summed E-state index contributed by atoms with van der Waals surface area (Å²) in [6, 6.07) is 3.39. The van der Waals surface area contributed by atoms with E-state index in [0.29, 0.717) is 5.69 Å². The molecule has 0 saturated carbocycles. The number of hydrogen-bond acceptors (Lipinski definition) is 1. The third kappa shape index (κ3) is 1.87. The molecule has 12 heavy (non-hydrogen) atoms. The van der Waals surface area contributed by atoms with Crippen LogP contribution < -0.4 is 0 Å². The van der Waals surface area contributed by atoms with Crippen LogP contribution in [-0.4, -0.2) is 15.6 Å². The van der Waals surface area contributed by atoms with Crippen LogP contribution in [0.25, 0.3) is 0 Å². The number of rotatable bonds is 4. The Bertz CT molecular complexity index is 265. The van der Waals surface area contributed by atoms with Crippen LogP contribution in [0.5, 0.6) is 0 Å². The second kappa shape index (κ2) is 3.95. The fourth-order valence-electron chi connectivity index (χ4n) is 1.13. The Labute approximate surface area is 71.6 Å². The molecule has 1 heterocycles. The average molecular weight is 167 g/mol. The van der Waals surface area contributed by atoms with E-state index in [4.69, 9.17) is 5.11 Å². The minimum absolute atomic E-state index is 0.378. The molecule has 1 aromatic rings. The van der Waals surface area contributed by atoms with Gasteiger partial charge in [0.2, 0.25) is 0 Å². The van der Waals surface area contributed by atoms with Gasteiger partial charge in [-0.25, -0.2) is 4.79 Å². The molecule has 0 aromatic carbocycles. The number of aromatic carboxylic acids is 1. The zero-order chi connectivity index (χ0) is 8.97. The van der Waals surface area contributed by atoms with Crippen molar-refractivity contribution in [3.63, 3.8) is 0 Å². The van der Waals surface area contributed by atoms with Gasteiger partial charge in [0.25, 0.3) is 0 Å². The summed E-state index contributed by atoms with van der Waals surface area (Å²) in [5.41, 5.74) is 0.378. The predicted molar refractivity (Wildman–Crippen MR) is 46.3 cm³/mol. The zero-order valence-corrected chi connectivity index (χ0v) is 7.16. The van der Waals surface area contributed by atoms with Gasteiger partial charge in [-0.05, 0) is 18.6 Å². The highest BCUT2D eigenvalue weighted by atomic mass is 16.4. The van der Waals surface area contributed by atoms with Crippen molar-refractivity contribution in [1.82, 2.24) is 4.57 Å². The number of carboxylic acids is 1. The number of aryl methyl sites for hydroxylation is 1. The Morgan fingerprint density at radius 3 is 3.00 bits per heavy atom. The Hall–Kier alpha value is -1.25. The summed E-state index contributed by atoms with van der Waals surface area (Å²) in [4.78, 5) is 10.6. The molecule has 0 radical (unpaired) electrons. The molecule has 3 nitrogen and oxygen atoms in total. The lowest BCUT2D eigenvalue weighted by molar-refractivity contribution is 0.0685. The molecule has 0 bridgehead atoms. The lowest BCUT2D eigenvalue weighted by Crippen LogP contribution is -2.07. The lowest BCUT2D eigenvalue weighted by Gasteiger charge is -2.03. The molecule has 66 valence electrons. The number of aromatic nitrogens is 1. The van der Waals surface area contributed by atoms with Crippen LogP contribution in [-0.2, 0) is 6.54 Å². The highest BCUT2D eigenvalue weighted by molar-refractivity contribution is 5.85. The van der Waals surface area contributed by atoms with E-state index < -0.39 is 5.97 Å². The largest absolute Gasteiger partial charge is 0.477 e. The third-order valence-electron chi connectivity index (χ3n) is 1.80. The number of unbranched alkanes of at least 4 members (excludes halogenated alkanes) is 1. The molecule has 0 aliphatic carbocycles. The Morgan fingerprint density at radius 1 is 1.67 bits per heavy atom. The van der Waals surface area contributed by atoms with E-state index >= 15 is 0 Å². The first-order chi connectivity index (χ1) is 5.75. The Balaban J connectivity index is 2.70. The summed E-state index contributed by atoms with van der Waals surface area (Å²) >= 11 is 0. The molecule has 0 unspecified atom stereocenters. The standard InChI is InChI=1S/C9H13NO2/c1-2-3-6-10-7-4-5-8(10)9(11)12/h4-5,7H,2-3,6H2,1H3,(H,11,12). The molecular weight excluding hydrogens is 154 g/mol. The first-order valence-corrected chi connectivity index (χ1v) is 4.14. The van der Waals surface area contributed by atoms with Crippen LogP contribution in [0.3, 0.4) is 0 Å². The Kier molecular flexibility index (Phi) is 2.91. The number of nitrogens with zero attached hydrogens (tertiary/aromatic N) is 1. The van der Waals surface area contributed by atoms with E-state index in [1.165, 1.54) is 0 Å².